The fourth-order valence-electron chi connectivity index (χ4n) is 6.84. The molecule has 0 amide bonds. The molecule has 2 aliphatic rings. The minimum atomic E-state index is -3.63. The molecule has 0 bridgehead atoms. The standard InChI is InChI=1S/C22H23Cl2N3O2S2.C20H17Cl4N3O2S2/c1-15-3-4-17(11-16(15)2)12-18-14-30-22(25-18)26-7-9-27(10-8-26)31(28,29)19-5-6-20(23)21(24)13-19;21-16-3-1-13(10-18(16)23)9-14-12-30-20(25-14)26-5-7-27(8-6-26)31(28,29)15-2-4-17(22)19(24)11-15/h3-6,11,13-14H,7-10,12H2,1-2H3;1-4,10-12H,5-9H2. The Morgan fingerprint density at radius 1 is 0.484 bits per heavy atom. The van der Waals surface area contributed by atoms with E-state index in [0.717, 1.165) is 33.6 Å². The second-order valence-electron chi connectivity index (χ2n) is 14.7. The molecule has 0 unspecified atom stereocenters. The molecule has 0 atom stereocenters. The average molecular weight is 1030 g/mol. The molecule has 62 heavy (non-hydrogen) atoms. The summed E-state index contributed by atoms with van der Waals surface area (Å²) in [5.41, 5.74) is 6.82. The third kappa shape index (κ3) is 11.2. The van der Waals surface area contributed by atoms with Crippen LogP contribution in [0.25, 0.3) is 0 Å². The smallest absolute Gasteiger partial charge is 0.243 e. The van der Waals surface area contributed by atoms with Crippen LogP contribution in [0, 0.1) is 13.8 Å². The highest BCUT2D eigenvalue weighted by atomic mass is 35.5. The monoisotopic (exact) mass is 1030 g/mol. The van der Waals surface area contributed by atoms with Crippen LogP contribution in [0.1, 0.15) is 33.6 Å². The van der Waals surface area contributed by atoms with Gasteiger partial charge in [-0.2, -0.15) is 8.61 Å². The van der Waals surface area contributed by atoms with Gasteiger partial charge in [-0.05, 0) is 84.6 Å². The van der Waals surface area contributed by atoms with Crippen molar-refractivity contribution in [1.29, 1.82) is 0 Å². The second kappa shape index (κ2) is 20.2. The van der Waals surface area contributed by atoms with Crippen LogP contribution in [0.15, 0.2) is 93.3 Å². The molecule has 0 aliphatic carbocycles. The van der Waals surface area contributed by atoms with Crippen molar-refractivity contribution >= 4 is 123 Å². The van der Waals surface area contributed by atoms with Crippen molar-refractivity contribution < 1.29 is 16.8 Å². The van der Waals surface area contributed by atoms with Gasteiger partial charge in [0.05, 0.1) is 51.3 Å². The lowest BCUT2D eigenvalue weighted by molar-refractivity contribution is 0.384. The quantitative estimate of drug-likeness (QED) is 0.134. The highest BCUT2D eigenvalue weighted by molar-refractivity contribution is 7.89. The van der Waals surface area contributed by atoms with E-state index in [0.29, 0.717) is 78.9 Å². The number of aromatic nitrogens is 2. The molecule has 6 aromatic rings. The molecule has 20 heteroatoms. The van der Waals surface area contributed by atoms with Gasteiger partial charge in [0.1, 0.15) is 0 Å². The summed E-state index contributed by atoms with van der Waals surface area (Å²) < 4.78 is 54.7. The van der Waals surface area contributed by atoms with Crippen LogP contribution >= 0.6 is 92.3 Å². The Bertz CT molecular complexity index is 2600. The minimum absolute atomic E-state index is 0.147. The number of sulfonamides is 2. The van der Waals surface area contributed by atoms with Crippen LogP contribution in [0.4, 0.5) is 10.3 Å². The topological polar surface area (TPSA) is 107 Å². The first-order chi connectivity index (χ1) is 29.5. The number of hydrogen-bond donors (Lipinski definition) is 0. The number of halogens is 6. The van der Waals surface area contributed by atoms with Crippen molar-refractivity contribution in [3.63, 3.8) is 0 Å². The fraction of sp³-hybridized carbons (Fsp3) is 0.286. The average Bonchev–Trinajstić information content (AvgIpc) is 3.93. The van der Waals surface area contributed by atoms with E-state index < -0.39 is 20.0 Å². The van der Waals surface area contributed by atoms with Crippen molar-refractivity contribution in [2.24, 2.45) is 0 Å². The number of hydrogen-bond acceptors (Lipinski definition) is 10. The molecule has 4 heterocycles. The summed E-state index contributed by atoms with van der Waals surface area (Å²) in [5.74, 6) is 0. The number of anilines is 2. The highest BCUT2D eigenvalue weighted by Crippen LogP contribution is 2.31. The molecule has 8 rings (SSSR count). The Labute approximate surface area is 400 Å². The molecule has 2 aromatic heterocycles. The Morgan fingerprint density at radius 3 is 1.27 bits per heavy atom. The zero-order valence-corrected chi connectivity index (χ0v) is 41.2. The van der Waals surface area contributed by atoms with Crippen LogP contribution in [0.2, 0.25) is 30.1 Å². The zero-order chi connectivity index (χ0) is 44.3. The Hall–Kier alpha value is -2.70. The SMILES string of the molecule is Cc1ccc(Cc2csc(N3CCN(S(=O)(=O)c4ccc(Cl)c(Cl)c4)CC3)n2)cc1C.O=S(=O)(c1ccc(Cl)c(Cl)c1)N1CCN(c2nc(Cc3ccc(Cl)c(Cl)c3)cs2)CC1. The number of thiazole rings is 2. The lowest BCUT2D eigenvalue weighted by Gasteiger charge is -2.33. The molecule has 2 aliphatic heterocycles. The van der Waals surface area contributed by atoms with Crippen molar-refractivity contribution in [1.82, 2.24) is 18.6 Å². The van der Waals surface area contributed by atoms with Gasteiger partial charge in [-0.15, -0.1) is 22.7 Å². The molecular weight excluding hydrogens is 993 g/mol. The van der Waals surface area contributed by atoms with Crippen molar-refractivity contribution in [2.45, 2.75) is 36.5 Å². The van der Waals surface area contributed by atoms with Gasteiger partial charge in [0.2, 0.25) is 20.0 Å². The first-order valence-electron chi connectivity index (χ1n) is 19.3. The lowest BCUT2D eigenvalue weighted by atomic mass is 10.0. The predicted molar refractivity (Wildman–Crippen MR) is 257 cm³/mol. The van der Waals surface area contributed by atoms with Gasteiger partial charge in [0.15, 0.2) is 10.3 Å². The summed E-state index contributed by atoms with van der Waals surface area (Å²) in [7, 11) is -7.23. The van der Waals surface area contributed by atoms with E-state index in [1.54, 1.807) is 28.7 Å². The number of aryl methyl sites for hydroxylation is 2. The van der Waals surface area contributed by atoms with Crippen LogP contribution in [-0.2, 0) is 32.9 Å². The van der Waals surface area contributed by atoms with Crippen molar-refractivity contribution in [3.8, 4) is 0 Å². The predicted octanol–water partition coefficient (Wildman–Crippen LogP) is 11.0. The van der Waals surface area contributed by atoms with Gasteiger partial charge in [-0.25, -0.2) is 26.8 Å². The molecule has 0 radical (unpaired) electrons. The van der Waals surface area contributed by atoms with E-state index in [9.17, 15) is 16.8 Å². The molecule has 0 spiro atoms. The molecule has 10 nitrogen and oxygen atoms in total. The number of rotatable bonds is 10. The maximum Gasteiger partial charge on any atom is 0.243 e. The zero-order valence-electron chi connectivity index (χ0n) is 33.4. The third-order valence-electron chi connectivity index (χ3n) is 10.5. The summed E-state index contributed by atoms with van der Waals surface area (Å²) in [6.07, 6.45) is 1.45. The summed E-state index contributed by atoms with van der Waals surface area (Å²) in [4.78, 5) is 14.1. The summed E-state index contributed by atoms with van der Waals surface area (Å²) in [6, 6.07) is 20.8. The second-order valence-corrected chi connectivity index (χ2v) is 22.7. The number of piperazine rings is 2. The van der Waals surface area contributed by atoms with Crippen LogP contribution in [0.5, 0.6) is 0 Å². The normalized spacial score (nSPS) is 15.4. The van der Waals surface area contributed by atoms with Crippen LogP contribution in [-0.4, -0.2) is 87.8 Å². The van der Waals surface area contributed by atoms with Gasteiger partial charge < -0.3 is 9.80 Å². The maximum atomic E-state index is 12.9. The van der Waals surface area contributed by atoms with Gasteiger partial charge in [0, 0.05) is 76.0 Å². The van der Waals surface area contributed by atoms with Gasteiger partial charge >= 0.3 is 0 Å². The van der Waals surface area contributed by atoms with Gasteiger partial charge in [-0.1, -0.05) is 93.9 Å². The number of nitrogens with zero attached hydrogens (tertiary/aromatic N) is 6. The van der Waals surface area contributed by atoms with E-state index in [4.69, 9.17) is 79.6 Å². The van der Waals surface area contributed by atoms with Crippen LogP contribution < -0.4 is 9.80 Å². The van der Waals surface area contributed by atoms with Crippen molar-refractivity contribution in [2.75, 3.05) is 62.2 Å². The molecule has 0 saturated carbocycles. The van der Waals surface area contributed by atoms with E-state index >= 15 is 0 Å². The Morgan fingerprint density at radius 2 is 0.871 bits per heavy atom. The maximum absolute atomic E-state index is 12.9. The Kier molecular flexibility index (Phi) is 15.4. The third-order valence-corrected chi connectivity index (χ3v) is 18.4. The fourth-order valence-corrected chi connectivity index (χ4v) is 12.5. The largest absolute Gasteiger partial charge is 0.345 e. The lowest BCUT2D eigenvalue weighted by Crippen LogP contribution is -2.48. The van der Waals surface area contributed by atoms with E-state index in [-0.39, 0.29) is 19.8 Å². The summed E-state index contributed by atoms with van der Waals surface area (Å²) in [5, 5.41) is 8.08. The van der Waals surface area contributed by atoms with Crippen LogP contribution in [0.3, 0.4) is 0 Å². The molecule has 2 fully saturated rings. The molecule has 328 valence electrons. The van der Waals surface area contributed by atoms with E-state index in [1.807, 2.05) is 17.5 Å². The molecular formula is C42H40Cl6N6O4S4. The van der Waals surface area contributed by atoms with Gasteiger partial charge in [-0.3, -0.25) is 0 Å². The molecule has 2 saturated heterocycles. The minimum Gasteiger partial charge on any atom is -0.345 e. The van der Waals surface area contributed by atoms with Crippen molar-refractivity contribution in [3.05, 3.63) is 147 Å². The Balaban J connectivity index is 0.000000186. The number of benzene rings is 4. The first kappa shape index (κ1) is 47.3. The van der Waals surface area contributed by atoms with E-state index in [2.05, 4.69) is 47.2 Å². The molecule has 0 N–H and O–H groups in total. The molecule has 4 aromatic carbocycles. The highest BCUT2D eigenvalue weighted by Gasteiger charge is 2.31. The first-order valence-corrected chi connectivity index (χ1v) is 26.2. The summed E-state index contributed by atoms with van der Waals surface area (Å²) in [6.45, 7) is 8.06. The van der Waals surface area contributed by atoms with E-state index in [1.165, 1.54) is 61.7 Å². The summed E-state index contributed by atoms with van der Waals surface area (Å²) >= 11 is 39.0. The van der Waals surface area contributed by atoms with Gasteiger partial charge in [0.25, 0.3) is 0 Å².